The number of nitrogens with one attached hydrogen (secondary N) is 1. The van der Waals surface area contributed by atoms with Gasteiger partial charge in [0.1, 0.15) is 10.9 Å². The average Bonchev–Trinajstić information content (AvgIpc) is 3.24. The summed E-state index contributed by atoms with van der Waals surface area (Å²) in [6.07, 6.45) is 9.82. The maximum atomic E-state index is 12.7. The highest BCUT2D eigenvalue weighted by Gasteiger charge is 2.23. The topological polar surface area (TPSA) is 90.5 Å². The number of nitrogens with zero attached hydrogens (tertiary/aromatic N) is 6. The highest BCUT2D eigenvalue weighted by atomic mass is 32.2. The van der Waals surface area contributed by atoms with E-state index in [2.05, 4.69) is 30.2 Å². The van der Waals surface area contributed by atoms with Crippen LogP contribution in [0.15, 0.2) is 35.7 Å². The van der Waals surface area contributed by atoms with Crippen LogP contribution in [0.1, 0.15) is 29.0 Å². The second-order valence-electron chi connectivity index (χ2n) is 6.55. The molecule has 1 unspecified atom stereocenters. The second-order valence-corrected chi connectivity index (χ2v) is 7.35. The fourth-order valence-corrected chi connectivity index (χ4v) is 3.92. The molecular weight excluding hydrogens is 362 g/mol. The molecule has 0 saturated carbocycles. The number of carbonyl (C=O) groups excluding carboxylic acids is 1. The highest BCUT2D eigenvalue weighted by molar-refractivity contribution is 7.98. The monoisotopic (exact) mass is 383 g/mol. The predicted octanol–water partition coefficient (Wildman–Crippen LogP) is 1.93. The van der Waals surface area contributed by atoms with Crippen LogP contribution in [0.2, 0.25) is 0 Å². The Labute approximate surface area is 161 Å². The Morgan fingerprint density at radius 2 is 2.22 bits per heavy atom. The third-order valence-corrected chi connectivity index (χ3v) is 5.46. The lowest BCUT2D eigenvalue weighted by Gasteiger charge is -2.17. The maximum absolute atomic E-state index is 12.7. The van der Waals surface area contributed by atoms with Gasteiger partial charge in [-0.2, -0.15) is 5.10 Å². The standard InChI is InChI=1S/C18H21N7OS/c1-24-11-12(10-20-24)16-23-22-15-6-5-13(7-9-25(15)16)21-17(26)14-4-3-8-19-18(14)27-2/h3-4,8,10-11,13H,5-7,9H2,1-2H3,(H,21,26). The van der Waals surface area contributed by atoms with Crippen LogP contribution in [0.4, 0.5) is 0 Å². The molecule has 1 atom stereocenters. The van der Waals surface area contributed by atoms with Crippen molar-refractivity contribution >= 4 is 17.7 Å². The van der Waals surface area contributed by atoms with Gasteiger partial charge in [-0.25, -0.2) is 4.98 Å². The first-order valence-electron chi connectivity index (χ1n) is 8.86. The number of aryl methyl sites for hydroxylation is 2. The Balaban J connectivity index is 1.48. The summed E-state index contributed by atoms with van der Waals surface area (Å²) < 4.78 is 3.90. The van der Waals surface area contributed by atoms with E-state index in [1.54, 1.807) is 23.1 Å². The number of aromatic nitrogens is 6. The summed E-state index contributed by atoms with van der Waals surface area (Å²) in [5.41, 5.74) is 1.59. The summed E-state index contributed by atoms with van der Waals surface area (Å²) in [7, 11) is 1.88. The minimum atomic E-state index is -0.0670. The maximum Gasteiger partial charge on any atom is 0.254 e. The van der Waals surface area contributed by atoms with E-state index in [0.717, 1.165) is 48.0 Å². The number of carbonyl (C=O) groups is 1. The molecule has 140 valence electrons. The van der Waals surface area contributed by atoms with E-state index in [-0.39, 0.29) is 11.9 Å². The zero-order valence-electron chi connectivity index (χ0n) is 15.3. The molecule has 0 aromatic carbocycles. The second kappa shape index (κ2) is 7.51. The van der Waals surface area contributed by atoms with Crippen LogP contribution in [0.5, 0.6) is 0 Å². The summed E-state index contributed by atoms with van der Waals surface area (Å²) in [6.45, 7) is 0.764. The number of rotatable bonds is 4. The van der Waals surface area contributed by atoms with Gasteiger partial charge >= 0.3 is 0 Å². The van der Waals surface area contributed by atoms with Gasteiger partial charge in [-0.3, -0.25) is 9.48 Å². The fourth-order valence-electron chi connectivity index (χ4n) is 3.37. The van der Waals surface area contributed by atoms with E-state index in [4.69, 9.17) is 0 Å². The van der Waals surface area contributed by atoms with Gasteiger partial charge in [-0.15, -0.1) is 22.0 Å². The van der Waals surface area contributed by atoms with E-state index < -0.39 is 0 Å². The lowest BCUT2D eigenvalue weighted by atomic mass is 10.1. The van der Waals surface area contributed by atoms with Gasteiger partial charge in [-0.1, -0.05) is 0 Å². The molecule has 4 rings (SSSR count). The lowest BCUT2D eigenvalue weighted by molar-refractivity contribution is 0.0929. The van der Waals surface area contributed by atoms with Crippen molar-refractivity contribution in [1.29, 1.82) is 0 Å². The molecular formula is C18H21N7OS. The molecule has 0 radical (unpaired) electrons. The minimum absolute atomic E-state index is 0.0670. The van der Waals surface area contributed by atoms with E-state index in [0.29, 0.717) is 5.56 Å². The Morgan fingerprint density at radius 1 is 1.33 bits per heavy atom. The number of hydrogen-bond donors (Lipinski definition) is 1. The molecule has 0 bridgehead atoms. The average molecular weight is 383 g/mol. The molecule has 3 aromatic heterocycles. The molecule has 1 N–H and O–H groups in total. The molecule has 1 aliphatic heterocycles. The van der Waals surface area contributed by atoms with Crippen molar-refractivity contribution in [2.75, 3.05) is 6.26 Å². The fraction of sp³-hybridized carbons (Fsp3) is 0.389. The number of hydrogen-bond acceptors (Lipinski definition) is 6. The van der Waals surface area contributed by atoms with Crippen LogP contribution in [0, 0.1) is 0 Å². The Morgan fingerprint density at radius 3 is 3.00 bits per heavy atom. The first kappa shape index (κ1) is 17.7. The molecule has 9 heteroatoms. The molecule has 4 heterocycles. The van der Waals surface area contributed by atoms with Gasteiger partial charge in [0.25, 0.3) is 5.91 Å². The molecule has 0 aliphatic carbocycles. The minimum Gasteiger partial charge on any atom is -0.349 e. The van der Waals surface area contributed by atoms with E-state index in [9.17, 15) is 4.79 Å². The summed E-state index contributed by atoms with van der Waals surface area (Å²) in [5, 5.41) is 16.8. The smallest absolute Gasteiger partial charge is 0.254 e. The summed E-state index contributed by atoms with van der Waals surface area (Å²) in [5.74, 6) is 1.72. The molecule has 0 saturated heterocycles. The van der Waals surface area contributed by atoms with Gasteiger partial charge in [0.05, 0.1) is 17.3 Å². The van der Waals surface area contributed by atoms with Gasteiger partial charge in [0, 0.05) is 38.4 Å². The first-order chi connectivity index (χ1) is 13.2. The summed E-state index contributed by atoms with van der Waals surface area (Å²) in [4.78, 5) is 17.0. The number of amides is 1. The van der Waals surface area contributed by atoms with Gasteiger partial charge < -0.3 is 9.88 Å². The molecule has 27 heavy (non-hydrogen) atoms. The Kier molecular flexibility index (Phi) is 4.93. The van der Waals surface area contributed by atoms with Crippen LogP contribution in [-0.4, -0.2) is 47.7 Å². The van der Waals surface area contributed by atoms with Crippen molar-refractivity contribution in [3.05, 3.63) is 42.1 Å². The van der Waals surface area contributed by atoms with Crippen molar-refractivity contribution in [2.24, 2.45) is 7.05 Å². The van der Waals surface area contributed by atoms with Crippen molar-refractivity contribution in [1.82, 2.24) is 34.8 Å². The normalized spacial score (nSPS) is 16.6. The van der Waals surface area contributed by atoms with Gasteiger partial charge in [-0.05, 0) is 31.2 Å². The number of fused-ring (bicyclic) bond motifs is 1. The zero-order chi connectivity index (χ0) is 18.8. The molecule has 8 nitrogen and oxygen atoms in total. The van der Waals surface area contributed by atoms with Crippen molar-refractivity contribution in [3.63, 3.8) is 0 Å². The van der Waals surface area contributed by atoms with Crippen molar-refractivity contribution < 1.29 is 4.79 Å². The largest absolute Gasteiger partial charge is 0.349 e. The van der Waals surface area contributed by atoms with E-state index in [1.165, 1.54) is 11.8 Å². The quantitative estimate of drug-likeness (QED) is 0.693. The van der Waals surface area contributed by atoms with Crippen LogP contribution >= 0.6 is 11.8 Å². The number of pyridine rings is 1. The van der Waals surface area contributed by atoms with Gasteiger partial charge in [0.2, 0.25) is 0 Å². The highest BCUT2D eigenvalue weighted by Crippen LogP contribution is 2.23. The lowest BCUT2D eigenvalue weighted by Crippen LogP contribution is -2.35. The van der Waals surface area contributed by atoms with Crippen LogP contribution in [0.3, 0.4) is 0 Å². The third-order valence-electron chi connectivity index (χ3n) is 4.75. The third kappa shape index (κ3) is 3.59. The molecule has 0 spiro atoms. The predicted molar refractivity (Wildman–Crippen MR) is 102 cm³/mol. The van der Waals surface area contributed by atoms with E-state index >= 15 is 0 Å². The van der Waals surface area contributed by atoms with Crippen LogP contribution < -0.4 is 5.32 Å². The SMILES string of the molecule is CSc1ncccc1C(=O)NC1CCc2nnc(-c3cnn(C)c3)n2CC1. The van der Waals surface area contributed by atoms with Crippen molar-refractivity contribution in [3.8, 4) is 11.4 Å². The van der Waals surface area contributed by atoms with Crippen LogP contribution in [0.25, 0.3) is 11.4 Å². The van der Waals surface area contributed by atoms with Crippen molar-refractivity contribution in [2.45, 2.75) is 36.9 Å². The molecule has 3 aromatic rings. The summed E-state index contributed by atoms with van der Waals surface area (Å²) in [6, 6.07) is 3.71. The Bertz CT molecular complexity index is 964. The molecule has 1 amide bonds. The summed E-state index contributed by atoms with van der Waals surface area (Å²) >= 11 is 1.48. The Hall–Kier alpha value is -2.68. The molecule has 1 aliphatic rings. The number of thioether (sulfide) groups is 1. The van der Waals surface area contributed by atoms with E-state index in [1.807, 2.05) is 25.6 Å². The van der Waals surface area contributed by atoms with Crippen LogP contribution in [-0.2, 0) is 20.0 Å². The zero-order valence-corrected chi connectivity index (χ0v) is 16.1. The first-order valence-corrected chi connectivity index (χ1v) is 10.1. The molecule has 0 fully saturated rings. The van der Waals surface area contributed by atoms with Gasteiger partial charge in [0.15, 0.2) is 5.82 Å².